The molecule has 0 heterocycles. The Morgan fingerprint density at radius 2 is 1.54 bits per heavy atom. The van der Waals surface area contributed by atoms with E-state index in [1.54, 1.807) is 55.5 Å². The first-order valence-electron chi connectivity index (χ1n) is 7.61. The lowest BCUT2D eigenvalue weighted by molar-refractivity contribution is -0.143. The van der Waals surface area contributed by atoms with Crippen LogP contribution in [0.5, 0.6) is 0 Å². The summed E-state index contributed by atoms with van der Waals surface area (Å²) in [4.78, 5) is 36.4. The van der Waals surface area contributed by atoms with Crippen LogP contribution in [0.25, 0.3) is 0 Å². The van der Waals surface area contributed by atoms with Gasteiger partial charge in [-0.15, -0.1) is 0 Å². The lowest BCUT2D eigenvalue weighted by Gasteiger charge is -2.08. The Morgan fingerprint density at radius 3 is 2.17 bits per heavy atom. The van der Waals surface area contributed by atoms with Crippen molar-refractivity contribution in [1.29, 1.82) is 0 Å². The maximum absolute atomic E-state index is 12.6. The Morgan fingerprint density at radius 1 is 0.917 bits per heavy atom. The number of esters is 1. The fourth-order valence-corrected chi connectivity index (χ4v) is 2.39. The molecule has 0 aliphatic carbocycles. The molecule has 124 valence electrons. The van der Waals surface area contributed by atoms with Crippen LogP contribution in [-0.2, 0) is 9.53 Å². The van der Waals surface area contributed by atoms with Gasteiger partial charge in [0.25, 0.3) is 0 Å². The Labute approximate surface area is 145 Å². The predicted octanol–water partition coefficient (Wildman–Crippen LogP) is 4.10. The summed E-state index contributed by atoms with van der Waals surface area (Å²) in [6, 6.07) is 13.1. The molecule has 24 heavy (non-hydrogen) atoms. The van der Waals surface area contributed by atoms with Crippen molar-refractivity contribution in [2.45, 2.75) is 19.8 Å². The predicted molar refractivity (Wildman–Crippen MR) is 91.5 cm³/mol. The van der Waals surface area contributed by atoms with E-state index in [0.717, 1.165) is 0 Å². The first-order valence-corrected chi connectivity index (χ1v) is 7.99. The van der Waals surface area contributed by atoms with E-state index in [1.807, 2.05) is 0 Å². The molecule has 2 aromatic carbocycles. The molecule has 2 aromatic rings. The molecule has 0 saturated heterocycles. The molecule has 0 saturated carbocycles. The molecule has 0 amide bonds. The number of carbonyl (C=O) groups excluding carboxylic acids is 3. The summed E-state index contributed by atoms with van der Waals surface area (Å²) in [5, 5.41) is 0.533. The van der Waals surface area contributed by atoms with Gasteiger partial charge in [-0.2, -0.15) is 0 Å². The second kappa shape index (κ2) is 8.41. The number of Topliss-reactive ketones (excluding diaryl/α,β-unsaturated/α-hetero) is 1. The van der Waals surface area contributed by atoms with Crippen LogP contribution in [0.1, 0.15) is 46.0 Å². The lowest BCUT2D eigenvalue weighted by Crippen LogP contribution is -2.12. The molecular weight excluding hydrogens is 328 g/mol. The molecule has 0 radical (unpaired) electrons. The van der Waals surface area contributed by atoms with Crippen LogP contribution >= 0.6 is 11.6 Å². The van der Waals surface area contributed by atoms with Gasteiger partial charge in [-0.05, 0) is 31.2 Å². The number of ketones is 2. The van der Waals surface area contributed by atoms with Crippen LogP contribution in [-0.4, -0.2) is 24.1 Å². The third kappa shape index (κ3) is 4.52. The molecule has 0 unspecified atom stereocenters. The van der Waals surface area contributed by atoms with E-state index in [4.69, 9.17) is 16.3 Å². The molecule has 4 nitrogen and oxygen atoms in total. The van der Waals surface area contributed by atoms with Gasteiger partial charge in [0.2, 0.25) is 0 Å². The smallest absolute Gasteiger partial charge is 0.306 e. The Balaban J connectivity index is 2.20. The van der Waals surface area contributed by atoms with Crippen molar-refractivity contribution in [2.24, 2.45) is 0 Å². The number of hydrogen-bond acceptors (Lipinski definition) is 4. The maximum Gasteiger partial charge on any atom is 0.306 e. The number of benzene rings is 2. The van der Waals surface area contributed by atoms with Gasteiger partial charge in [-0.25, -0.2) is 0 Å². The second-order valence-corrected chi connectivity index (χ2v) is 5.55. The summed E-state index contributed by atoms with van der Waals surface area (Å²) in [6.45, 7) is 1.98. The van der Waals surface area contributed by atoms with E-state index in [1.165, 1.54) is 0 Å². The van der Waals surface area contributed by atoms with Gasteiger partial charge >= 0.3 is 5.97 Å². The van der Waals surface area contributed by atoms with Gasteiger partial charge in [0.1, 0.15) is 0 Å². The lowest BCUT2D eigenvalue weighted by atomic mass is 9.94. The standard InChI is InChI=1S/C19H17ClO4/c1-2-24-18(22)12-11-17(21)15-5-3-4-6-16(15)19(23)13-7-9-14(20)10-8-13/h3-10H,2,11-12H2,1H3. The number of ether oxygens (including phenoxy) is 1. The average Bonchev–Trinajstić information content (AvgIpc) is 2.60. The molecule has 0 fully saturated rings. The zero-order valence-electron chi connectivity index (χ0n) is 13.3. The summed E-state index contributed by atoms with van der Waals surface area (Å²) in [5.74, 6) is -0.944. The number of hydrogen-bond donors (Lipinski definition) is 0. The van der Waals surface area contributed by atoms with Crippen molar-refractivity contribution in [3.05, 3.63) is 70.2 Å². The molecule has 2 rings (SSSR count). The highest BCUT2D eigenvalue weighted by Crippen LogP contribution is 2.18. The highest BCUT2D eigenvalue weighted by molar-refractivity contribution is 6.30. The van der Waals surface area contributed by atoms with Gasteiger partial charge in [0, 0.05) is 28.1 Å². The van der Waals surface area contributed by atoms with E-state index in [9.17, 15) is 14.4 Å². The molecule has 0 N–H and O–H groups in total. The van der Waals surface area contributed by atoms with Crippen LogP contribution in [0.3, 0.4) is 0 Å². The van der Waals surface area contributed by atoms with Crippen molar-refractivity contribution in [3.8, 4) is 0 Å². The minimum Gasteiger partial charge on any atom is -0.466 e. The molecule has 5 heteroatoms. The highest BCUT2D eigenvalue weighted by atomic mass is 35.5. The van der Waals surface area contributed by atoms with Gasteiger partial charge in [-0.1, -0.05) is 35.9 Å². The number of carbonyl (C=O) groups is 3. The number of halogens is 1. The van der Waals surface area contributed by atoms with Crippen LogP contribution in [0.15, 0.2) is 48.5 Å². The van der Waals surface area contributed by atoms with Crippen LogP contribution in [0.2, 0.25) is 5.02 Å². The molecule has 0 atom stereocenters. The van der Waals surface area contributed by atoms with Crippen molar-refractivity contribution >= 4 is 29.1 Å². The first-order chi connectivity index (χ1) is 11.5. The first kappa shape index (κ1) is 17.9. The normalized spacial score (nSPS) is 10.2. The fourth-order valence-electron chi connectivity index (χ4n) is 2.26. The van der Waals surface area contributed by atoms with Crippen molar-refractivity contribution in [3.63, 3.8) is 0 Å². The van der Waals surface area contributed by atoms with Gasteiger partial charge in [0.15, 0.2) is 11.6 Å². The van der Waals surface area contributed by atoms with Crippen LogP contribution < -0.4 is 0 Å². The summed E-state index contributed by atoms with van der Waals surface area (Å²) in [5.41, 5.74) is 1.07. The van der Waals surface area contributed by atoms with Crippen LogP contribution in [0.4, 0.5) is 0 Å². The summed E-state index contributed by atoms with van der Waals surface area (Å²) < 4.78 is 4.82. The zero-order chi connectivity index (χ0) is 17.5. The van der Waals surface area contributed by atoms with E-state index in [0.29, 0.717) is 21.7 Å². The highest BCUT2D eigenvalue weighted by Gasteiger charge is 2.18. The Hall–Kier alpha value is -2.46. The second-order valence-electron chi connectivity index (χ2n) is 5.11. The topological polar surface area (TPSA) is 60.4 Å². The Kier molecular flexibility index (Phi) is 6.27. The van der Waals surface area contributed by atoms with Crippen molar-refractivity contribution in [1.82, 2.24) is 0 Å². The molecule has 0 bridgehead atoms. The summed E-state index contributed by atoms with van der Waals surface area (Å²) in [7, 11) is 0. The molecule has 0 spiro atoms. The van der Waals surface area contributed by atoms with Gasteiger partial charge in [0.05, 0.1) is 13.0 Å². The fraction of sp³-hybridized carbons (Fsp3) is 0.211. The minimum absolute atomic E-state index is 0.00371. The summed E-state index contributed by atoms with van der Waals surface area (Å²) >= 11 is 5.83. The maximum atomic E-state index is 12.6. The molecule has 0 aliphatic heterocycles. The monoisotopic (exact) mass is 344 g/mol. The van der Waals surface area contributed by atoms with E-state index < -0.39 is 5.97 Å². The van der Waals surface area contributed by atoms with Gasteiger partial charge in [-0.3, -0.25) is 14.4 Å². The van der Waals surface area contributed by atoms with Gasteiger partial charge < -0.3 is 4.74 Å². The van der Waals surface area contributed by atoms with E-state index >= 15 is 0 Å². The van der Waals surface area contributed by atoms with Crippen molar-refractivity contribution < 1.29 is 19.1 Å². The average molecular weight is 345 g/mol. The third-order valence-electron chi connectivity index (χ3n) is 3.44. The minimum atomic E-state index is -0.424. The number of rotatable bonds is 7. The largest absolute Gasteiger partial charge is 0.466 e. The van der Waals surface area contributed by atoms with E-state index in [2.05, 4.69) is 0 Å². The van der Waals surface area contributed by atoms with Crippen molar-refractivity contribution in [2.75, 3.05) is 6.61 Å². The SMILES string of the molecule is CCOC(=O)CCC(=O)c1ccccc1C(=O)c1ccc(Cl)cc1. The third-order valence-corrected chi connectivity index (χ3v) is 3.69. The van der Waals surface area contributed by atoms with Crippen LogP contribution in [0, 0.1) is 0 Å². The summed E-state index contributed by atoms with van der Waals surface area (Å²) in [6.07, 6.45) is -0.000112. The Bertz CT molecular complexity index is 750. The quantitative estimate of drug-likeness (QED) is 0.560. The molecule has 0 aliphatic rings. The molecule has 0 aromatic heterocycles. The molecular formula is C19H17ClO4. The van der Waals surface area contributed by atoms with E-state index in [-0.39, 0.29) is 31.0 Å². The zero-order valence-corrected chi connectivity index (χ0v) is 14.0.